The number of rotatable bonds is 56. The summed E-state index contributed by atoms with van der Waals surface area (Å²) >= 11 is 0. The van der Waals surface area contributed by atoms with Gasteiger partial charge in [0, 0.05) is 0 Å². The number of carbonyl (C=O) groups excluding carboxylic acids is 1. The second kappa shape index (κ2) is 54.6. The number of unbranched alkanes of at least 4 members (excludes halogenated alkanes) is 36. The van der Waals surface area contributed by atoms with Crippen LogP contribution in [0, 0.1) is 0 Å². The Morgan fingerprint density at radius 1 is 0.455 bits per heavy atom. The zero-order valence-electron chi connectivity index (χ0n) is 49.7. The lowest BCUT2D eigenvalue weighted by Gasteiger charge is -2.40. The first-order chi connectivity index (χ1) is 37.7. The molecule has 9 unspecified atom stereocenters. The fourth-order valence-electron chi connectivity index (χ4n) is 10.3. The maximum Gasteiger partial charge on any atom is 0.249 e. The highest BCUT2D eigenvalue weighted by molar-refractivity contribution is 5.80. The van der Waals surface area contributed by atoms with E-state index in [0.717, 1.165) is 44.9 Å². The molecule has 1 heterocycles. The molecule has 0 saturated carbocycles. The van der Waals surface area contributed by atoms with Crippen molar-refractivity contribution in [1.82, 2.24) is 5.32 Å². The third-order valence-corrected chi connectivity index (χ3v) is 15.6. The normalized spacial score (nSPS) is 19.8. The number of hydrogen-bond donors (Lipinski definition) is 8. The number of aliphatic hydroxyl groups excluding tert-OH is 7. The first-order valence-electron chi connectivity index (χ1n) is 32.5. The van der Waals surface area contributed by atoms with Gasteiger partial charge < -0.3 is 50.5 Å². The van der Waals surface area contributed by atoms with Gasteiger partial charge in [-0.3, -0.25) is 4.79 Å². The van der Waals surface area contributed by atoms with Crippen molar-refractivity contribution in [2.75, 3.05) is 13.2 Å². The lowest BCUT2D eigenvalue weighted by atomic mass is 9.98. The monoisotopic (exact) mass is 1090 g/mol. The molecular formula is C66H123NO10. The van der Waals surface area contributed by atoms with Gasteiger partial charge in [0.05, 0.1) is 25.4 Å². The number of nitrogens with one attached hydrogen (secondary N) is 1. The van der Waals surface area contributed by atoms with Crippen molar-refractivity contribution >= 4 is 5.91 Å². The van der Waals surface area contributed by atoms with Crippen LogP contribution in [-0.2, 0) is 14.3 Å². The number of hydrogen-bond acceptors (Lipinski definition) is 10. The molecule has 1 aliphatic heterocycles. The first-order valence-corrected chi connectivity index (χ1v) is 32.5. The SMILES string of the molecule is CCCCCCCCC/C=C/CC/C=C/CCCC(O)C(O)C(COC1OC(CO)C(O)C(O)C1O)NC(=O)C(O)CCCCCCCCCCCCCCCCCC/C=C\C/C=C\CCCCCCCCCCCCC. The second-order valence-corrected chi connectivity index (χ2v) is 22.8. The maximum atomic E-state index is 13.2. The van der Waals surface area contributed by atoms with E-state index in [4.69, 9.17) is 9.47 Å². The average Bonchev–Trinajstić information content (AvgIpc) is 3.43. The largest absolute Gasteiger partial charge is 0.394 e. The summed E-state index contributed by atoms with van der Waals surface area (Å²) in [6, 6.07) is -1.19. The smallest absolute Gasteiger partial charge is 0.249 e. The van der Waals surface area contributed by atoms with Crippen molar-refractivity contribution in [3.8, 4) is 0 Å². The molecule has 0 aliphatic carbocycles. The molecule has 1 fully saturated rings. The van der Waals surface area contributed by atoms with Crippen molar-refractivity contribution in [2.24, 2.45) is 0 Å². The van der Waals surface area contributed by atoms with E-state index in [9.17, 15) is 40.5 Å². The van der Waals surface area contributed by atoms with Crippen LogP contribution in [0.3, 0.4) is 0 Å². The van der Waals surface area contributed by atoms with Crippen molar-refractivity contribution in [1.29, 1.82) is 0 Å². The van der Waals surface area contributed by atoms with E-state index in [0.29, 0.717) is 19.3 Å². The summed E-state index contributed by atoms with van der Waals surface area (Å²) in [5.41, 5.74) is 0. The van der Waals surface area contributed by atoms with Gasteiger partial charge in [-0.15, -0.1) is 0 Å². The van der Waals surface area contributed by atoms with E-state index in [1.165, 1.54) is 205 Å². The van der Waals surface area contributed by atoms with Crippen LogP contribution < -0.4 is 5.32 Å². The number of carbonyl (C=O) groups is 1. The molecule has 11 nitrogen and oxygen atoms in total. The van der Waals surface area contributed by atoms with Crippen LogP contribution in [0.2, 0.25) is 0 Å². The van der Waals surface area contributed by atoms with Crippen molar-refractivity contribution in [3.63, 3.8) is 0 Å². The van der Waals surface area contributed by atoms with Gasteiger partial charge in [0.2, 0.25) is 5.91 Å². The number of allylic oxidation sites excluding steroid dienone is 8. The summed E-state index contributed by atoms with van der Waals surface area (Å²) < 4.78 is 11.1. The van der Waals surface area contributed by atoms with E-state index in [1.807, 2.05) is 0 Å². The van der Waals surface area contributed by atoms with Crippen LogP contribution in [-0.4, -0.2) is 110 Å². The molecule has 0 spiro atoms. The van der Waals surface area contributed by atoms with Gasteiger partial charge >= 0.3 is 0 Å². The Hall–Kier alpha value is -1.93. The van der Waals surface area contributed by atoms with Gasteiger partial charge in [0.1, 0.15) is 36.6 Å². The van der Waals surface area contributed by atoms with E-state index >= 15 is 0 Å². The molecule has 9 atom stereocenters. The highest BCUT2D eigenvalue weighted by Gasteiger charge is 2.44. The minimum atomic E-state index is -1.67. The van der Waals surface area contributed by atoms with Crippen molar-refractivity contribution in [3.05, 3.63) is 48.6 Å². The molecule has 1 aliphatic rings. The molecule has 77 heavy (non-hydrogen) atoms. The molecule has 0 bridgehead atoms. The molecule has 1 rings (SSSR count). The van der Waals surface area contributed by atoms with E-state index in [1.54, 1.807) is 0 Å². The zero-order valence-corrected chi connectivity index (χ0v) is 49.7. The minimum Gasteiger partial charge on any atom is -0.394 e. The van der Waals surface area contributed by atoms with Crippen LogP contribution >= 0.6 is 0 Å². The summed E-state index contributed by atoms with van der Waals surface area (Å²) in [6.07, 6.45) is 59.1. The van der Waals surface area contributed by atoms with Crippen molar-refractivity contribution in [2.45, 2.75) is 351 Å². The average molecular weight is 1090 g/mol. The van der Waals surface area contributed by atoms with E-state index < -0.39 is 74.2 Å². The van der Waals surface area contributed by atoms with Crippen LogP contribution in [0.15, 0.2) is 48.6 Å². The first kappa shape index (κ1) is 73.1. The molecule has 0 aromatic heterocycles. The Balaban J connectivity index is 2.19. The third-order valence-electron chi connectivity index (χ3n) is 15.6. The Kier molecular flexibility index (Phi) is 51.9. The fourth-order valence-corrected chi connectivity index (χ4v) is 10.3. The minimum absolute atomic E-state index is 0.246. The van der Waals surface area contributed by atoms with Crippen molar-refractivity contribution < 1.29 is 50.0 Å². The fraction of sp³-hybridized carbons (Fsp3) is 0.864. The Morgan fingerprint density at radius 2 is 0.818 bits per heavy atom. The van der Waals surface area contributed by atoms with Gasteiger partial charge in [-0.05, 0) is 83.5 Å². The molecule has 1 saturated heterocycles. The van der Waals surface area contributed by atoms with Gasteiger partial charge in [-0.1, -0.05) is 262 Å². The van der Waals surface area contributed by atoms with E-state index in [-0.39, 0.29) is 12.8 Å². The summed E-state index contributed by atoms with van der Waals surface area (Å²) in [7, 11) is 0. The third kappa shape index (κ3) is 42.6. The molecule has 0 radical (unpaired) electrons. The number of amides is 1. The Morgan fingerprint density at radius 3 is 1.23 bits per heavy atom. The quantitative estimate of drug-likeness (QED) is 0.0215. The van der Waals surface area contributed by atoms with Crippen LogP contribution in [0.5, 0.6) is 0 Å². The lowest BCUT2D eigenvalue weighted by Crippen LogP contribution is -2.60. The highest BCUT2D eigenvalue weighted by atomic mass is 16.7. The highest BCUT2D eigenvalue weighted by Crippen LogP contribution is 2.23. The second-order valence-electron chi connectivity index (χ2n) is 22.8. The predicted octanol–water partition coefficient (Wildman–Crippen LogP) is 14.8. The molecule has 1 amide bonds. The van der Waals surface area contributed by atoms with Gasteiger partial charge in [-0.2, -0.15) is 0 Å². The number of aliphatic hydroxyl groups is 7. The summed E-state index contributed by atoms with van der Waals surface area (Å²) in [4.78, 5) is 13.2. The standard InChI is InChI=1S/C66H123NO10/c1-3-5-7-9-11-13-15-17-19-21-22-23-24-25-26-27-28-29-30-31-32-33-34-35-36-37-38-40-42-44-46-48-50-52-54-59(70)65(75)67-57(56-76-66-64(74)63(73)62(72)60(55-68)77-66)61(71)58(69)53-51-49-47-45-43-41-39-20-18-16-14-12-10-8-6-4-2/h20,24-25,27-28,39,45,47,57-64,66,68-74H,3-19,21-23,26,29-38,40-44,46,48-56H2,1-2H3,(H,67,75)/b25-24-,28-27-,39-20+,47-45+. The molecular weight excluding hydrogens is 967 g/mol. The topological polar surface area (TPSA) is 189 Å². The lowest BCUT2D eigenvalue weighted by molar-refractivity contribution is -0.303. The van der Waals surface area contributed by atoms with Gasteiger partial charge in [0.25, 0.3) is 0 Å². The van der Waals surface area contributed by atoms with E-state index in [2.05, 4.69) is 67.8 Å². The Labute approximate surface area is 472 Å². The summed E-state index contributed by atoms with van der Waals surface area (Å²) in [6.45, 7) is 3.45. The molecule has 0 aromatic rings. The summed E-state index contributed by atoms with van der Waals surface area (Å²) in [5, 5.41) is 76.2. The zero-order chi connectivity index (χ0) is 56.1. The van der Waals surface area contributed by atoms with Gasteiger partial charge in [0.15, 0.2) is 6.29 Å². The van der Waals surface area contributed by atoms with Crippen LogP contribution in [0.4, 0.5) is 0 Å². The molecule has 8 N–H and O–H groups in total. The summed E-state index contributed by atoms with van der Waals surface area (Å²) in [5.74, 6) is -0.708. The molecule has 452 valence electrons. The predicted molar refractivity (Wildman–Crippen MR) is 321 cm³/mol. The molecule has 11 heteroatoms. The number of ether oxygens (including phenoxy) is 2. The Bertz CT molecular complexity index is 1390. The van der Waals surface area contributed by atoms with Crippen LogP contribution in [0.25, 0.3) is 0 Å². The molecule has 0 aromatic carbocycles. The maximum absolute atomic E-state index is 13.2. The van der Waals surface area contributed by atoms with Gasteiger partial charge in [-0.25, -0.2) is 0 Å². The van der Waals surface area contributed by atoms with Crippen LogP contribution in [0.1, 0.15) is 296 Å².